The lowest BCUT2D eigenvalue weighted by molar-refractivity contribution is 0.174. The lowest BCUT2D eigenvalue weighted by Gasteiger charge is -2.09. The number of halogens is 1. The Kier molecular flexibility index (Phi) is 3.16. The average Bonchev–Trinajstić information content (AvgIpc) is 3.10. The number of nitrogens with zero attached hydrogens (tertiary/aromatic N) is 2. The van der Waals surface area contributed by atoms with Gasteiger partial charge >= 0.3 is 0 Å². The summed E-state index contributed by atoms with van der Waals surface area (Å²) in [5.74, 6) is 1.36. The van der Waals surface area contributed by atoms with Gasteiger partial charge in [0, 0.05) is 12.1 Å². The highest BCUT2D eigenvalue weighted by atomic mass is 32.1. The minimum atomic E-state index is -0.355. The number of hydrogen-bond donors (Lipinski definition) is 1. The SMILES string of the molecule is NC(=S)Cn1c(-c2ccccc2F)nc2cc3c(cc21)OCO3. The van der Waals surface area contributed by atoms with Gasteiger partial charge in [-0.25, -0.2) is 9.37 Å². The molecule has 2 N–H and O–H groups in total. The second-order valence-corrected chi connectivity index (χ2v) is 5.69. The van der Waals surface area contributed by atoms with Crippen molar-refractivity contribution in [3.05, 3.63) is 42.2 Å². The third-order valence-electron chi connectivity index (χ3n) is 3.67. The molecule has 0 saturated carbocycles. The van der Waals surface area contributed by atoms with E-state index in [2.05, 4.69) is 4.98 Å². The number of aromatic nitrogens is 2. The zero-order valence-electron chi connectivity index (χ0n) is 12.0. The fraction of sp³-hybridized carbons (Fsp3) is 0.125. The fourth-order valence-corrected chi connectivity index (χ4v) is 2.81. The lowest BCUT2D eigenvalue weighted by Crippen LogP contribution is -2.17. The number of ether oxygens (including phenoxy) is 2. The summed E-state index contributed by atoms with van der Waals surface area (Å²) in [6, 6.07) is 10.1. The van der Waals surface area contributed by atoms with Crippen molar-refractivity contribution in [1.82, 2.24) is 9.55 Å². The predicted octanol–water partition coefficient (Wildman–Crippen LogP) is 2.86. The van der Waals surface area contributed by atoms with Crippen molar-refractivity contribution < 1.29 is 13.9 Å². The molecule has 7 heteroatoms. The molecule has 0 saturated heterocycles. The first-order valence-electron chi connectivity index (χ1n) is 6.96. The van der Waals surface area contributed by atoms with Crippen molar-refractivity contribution >= 4 is 28.2 Å². The van der Waals surface area contributed by atoms with Gasteiger partial charge in [-0.3, -0.25) is 0 Å². The van der Waals surface area contributed by atoms with Gasteiger partial charge in [-0.1, -0.05) is 24.4 Å². The van der Waals surface area contributed by atoms with Crippen LogP contribution in [0, 0.1) is 5.82 Å². The molecule has 0 spiro atoms. The van der Waals surface area contributed by atoms with Crippen molar-refractivity contribution in [2.75, 3.05) is 6.79 Å². The van der Waals surface area contributed by atoms with Gasteiger partial charge in [-0.15, -0.1) is 0 Å². The molecule has 5 nitrogen and oxygen atoms in total. The van der Waals surface area contributed by atoms with E-state index in [0.717, 1.165) is 5.52 Å². The first-order valence-corrected chi connectivity index (χ1v) is 7.37. The molecule has 23 heavy (non-hydrogen) atoms. The summed E-state index contributed by atoms with van der Waals surface area (Å²) in [5, 5.41) is 0. The Morgan fingerprint density at radius 3 is 2.74 bits per heavy atom. The van der Waals surface area contributed by atoms with Crippen LogP contribution < -0.4 is 15.2 Å². The molecule has 3 aromatic rings. The molecule has 4 rings (SSSR count). The summed E-state index contributed by atoms with van der Waals surface area (Å²) >= 11 is 5.03. The van der Waals surface area contributed by atoms with Crippen molar-refractivity contribution in [3.8, 4) is 22.9 Å². The van der Waals surface area contributed by atoms with Crippen LogP contribution in [0.4, 0.5) is 4.39 Å². The van der Waals surface area contributed by atoms with Crippen LogP contribution >= 0.6 is 12.2 Å². The maximum absolute atomic E-state index is 14.2. The smallest absolute Gasteiger partial charge is 0.231 e. The van der Waals surface area contributed by atoms with Crippen LogP contribution in [-0.2, 0) is 6.54 Å². The minimum absolute atomic E-state index is 0.178. The van der Waals surface area contributed by atoms with Crippen LogP contribution in [-0.4, -0.2) is 21.3 Å². The highest BCUT2D eigenvalue weighted by molar-refractivity contribution is 7.80. The molecule has 0 aliphatic carbocycles. The molecule has 0 fully saturated rings. The van der Waals surface area contributed by atoms with Crippen LogP contribution in [0.1, 0.15) is 0 Å². The van der Waals surface area contributed by atoms with E-state index in [1.165, 1.54) is 6.07 Å². The van der Waals surface area contributed by atoms with Gasteiger partial charge in [0.05, 0.1) is 28.1 Å². The number of imidazole rings is 1. The zero-order chi connectivity index (χ0) is 16.0. The van der Waals surface area contributed by atoms with Crippen molar-refractivity contribution in [2.24, 2.45) is 5.73 Å². The summed E-state index contributed by atoms with van der Waals surface area (Å²) < 4.78 is 26.8. The van der Waals surface area contributed by atoms with E-state index in [4.69, 9.17) is 27.4 Å². The van der Waals surface area contributed by atoms with Crippen molar-refractivity contribution in [2.45, 2.75) is 6.54 Å². The quantitative estimate of drug-likeness (QED) is 0.749. The van der Waals surface area contributed by atoms with E-state index in [-0.39, 0.29) is 19.2 Å². The summed E-state index contributed by atoms with van der Waals surface area (Å²) in [6.07, 6.45) is 0. The first-order chi connectivity index (χ1) is 11.1. The monoisotopic (exact) mass is 329 g/mol. The Morgan fingerprint density at radius 1 is 1.26 bits per heavy atom. The highest BCUT2D eigenvalue weighted by Gasteiger charge is 2.21. The number of hydrogen-bond acceptors (Lipinski definition) is 4. The maximum Gasteiger partial charge on any atom is 0.231 e. The third kappa shape index (κ3) is 2.29. The Labute approximate surface area is 136 Å². The number of benzene rings is 2. The minimum Gasteiger partial charge on any atom is -0.454 e. The second kappa shape index (κ2) is 5.20. The molecule has 116 valence electrons. The Balaban J connectivity index is 2.00. The topological polar surface area (TPSA) is 62.3 Å². The van der Waals surface area contributed by atoms with E-state index >= 15 is 0 Å². The van der Waals surface area contributed by atoms with E-state index in [1.54, 1.807) is 28.8 Å². The molecular formula is C16H12FN3O2S. The molecule has 2 aromatic carbocycles. The molecule has 1 aliphatic heterocycles. The molecule has 0 atom stereocenters. The summed E-state index contributed by atoms with van der Waals surface area (Å²) in [6.45, 7) is 0.437. The van der Waals surface area contributed by atoms with Gasteiger partial charge in [0.25, 0.3) is 0 Å². The maximum atomic E-state index is 14.2. The predicted molar refractivity (Wildman–Crippen MR) is 88.0 cm³/mol. The molecule has 1 aliphatic rings. The average molecular weight is 329 g/mol. The second-order valence-electron chi connectivity index (χ2n) is 5.16. The van der Waals surface area contributed by atoms with Gasteiger partial charge in [0.2, 0.25) is 6.79 Å². The molecule has 0 bridgehead atoms. The van der Waals surface area contributed by atoms with Gasteiger partial charge in [-0.2, -0.15) is 0 Å². The fourth-order valence-electron chi connectivity index (χ4n) is 2.68. The van der Waals surface area contributed by atoms with Gasteiger partial charge in [0.1, 0.15) is 11.6 Å². The Bertz CT molecular complexity index is 938. The Hall–Kier alpha value is -2.67. The van der Waals surface area contributed by atoms with Crippen molar-refractivity contribution in [1.29, 1.82) is 0 Å². The Morgan fingerprint density at radius 2 is 2.00 bits per heavy atom. The third-order valence-corrected chi connectivity index (χ3v) is 3.80. The molecular weight excluding hydrogens is 317 g/mol. The standard InChI is InChI=1S/C16H12FN3O2S/c17-10-4-2-1-3-9(10)16-19-11-5-13-14(22-8-21-13)6-12(11)20(16)7-15(18)23/h1-6H,7-8H2,(H2,18,23). The number of thiocarbonyl (C=S) groups is 1. The first kappa shape index (κ1) is 14.0. The van der Waals surface area contributed by atoms with Gasteiger partial charge < -0.3 is 19.8 Å². The molecule has 0 unspecified atom stereocenters. The van der Waals surface area contributed by atoms with E-state index in [0.29, 0.717) is 33.4 Å². The van der Waals surface area contributed by atoms with Crippen LogP contribution in [0.25, 0.3) is 22.4 Å². The number of fused-ring (bicyclic) bond motifs is 2. The number of rotatable bonds is 3. The van der Waals surface area contributed by atoms with Crippen LogP contribution in [0.2, 0.25) is 0 Å². The van der Waals surface area contributed by atoms with E-state index in [9.17, 15) is 4.39 Å². The van der Waals surface area contributed by atoms with E-state index < -0.39 is 0 Å². The van der Waals surface area contributed by atoms with Gasteiger partial charge in [-0.05, 0) is 12.1 Å². The van der Waals surface area contributed by atoms with Crippen LogP contribution in [0.3, 0.4) is 0 Å². The van der Waals surface area contributed by atoms with Crippen LogP contribution in [0.15, 0.2) is 36.4 Å². The largest absolute Gasteiger partial charge is 0.454 e. The molecule has 0 amide bonds. The summed E-state index contributed by atoms with van der Waals surface area (Å²) in [7, 11) is 0. The molecule has 1 aromatic heterocycles. The summed E-state index contributed by atoms with van der Waals surface area (Å²) in [4.78, 5) is 4.84. The molecule has 0 radical (unpaired) electrons. The van der Waals surface area contributed by atoms with Crippen LogP contribution in [0.5, 0.6) is 11.5 Å². The van der Waals surface area contributed by atoms with Crippen molar-refractivity contribution in [3.63, 3.8) is 0 Å². The normalized spacial score (nSPS) is 12.7. The summed E-state index contributed by atoms with van der Waals surface area (Å²) in [5.41, 5.74) is 7.53. The van der Waals surface area contributed by atoms with Gasteiger partial charge in [0.15, 0.2) is 11.5 Å². The highest BCUT2D eigenvalue weighted by Crippen LogP contribution is 2.37. The lowest BCUT2D eigenvalue weighted by atomic mass is 10.2. The van der Waals surface area contributed by atoms with E-state index in [1.807, 2.05) is 6.07 Å². The molecule has 2 heterocycles. The number of nitrogens with two attached hydrogens (primary N) is 1. The zero-order valence-corrected chi connectivity index (χ0v) is 12.8.